The lowest BCUT2D eigenvalue weighted by molar-refractivity contribution is -0.126. The van der Waals surface area contributed by atoms with Crippen molar-refractivity contribution in [3.05, 3.63) is 60.1 Å². The Morgan fingerprint density at radius 1 is 0.935 bits per heavy atom. The molecule has 2 aliphatic rings. The van der Waals surface area contributed by atoms with E-state index in [-0.39, 0.29) is 11.8 Å². The number of nitrogens with zero attached hydrogens (tertiary/aromatic N) is 2. The molecule has 0 bridgehead atoms. The van der Waals surface area contributed by atoms with E-state index in [9.17, 15) is 4.79 Å². The molecule has 1 aromatic carbocycles. The Morgan fingerprint density at radius 3 is 2.42 bits per heavy atom. The quantitative estimate of drug-likeness (QED) is 0.667. The maximum atomic E-state index is 12.5. The van der Waals surface area contributed by atoms with Gasteiger partial charge in [0, 0.05) is 24.9 Å². The lowest BCUT2D eigenvalue weighted by Crippen LogP contribution is -2.49. The molecule has 31 heavy (non-hydrogen) atoms. The van der Waals surface area contributed by atoms with Crippen LogP contribution in [0.15, 0.2) is 53.1 Å². The van der Waals surface area contributed by atoms with Crippen LogP contribution in [0.3, 0.4) is 0 Å². The predicted molar refractivity (Wildman–Crippen MR) is 124 cm³/mol. The number of carbonyl (C=O) groups excluding carboxylic acids is 1. The second-order valence-corrected chi connectivity index (χ2v) is 9.09. The second-order valence-electron chi connectivity index (χ2n) is 9.09. The third-order valence-electron chi connectivity index (χ3n) is 7.01. The fourth-order valence-electron chi connectivity index (χ4n) is 5.09. The van der Waals surface area contributed by atoms with E-state index in [0.29, 0.717) is 12.6 Å². The average Bonchev–Trinajstić information content (AvgIpc) is 3.34. The maximum absolute atomic E-state index is 12.5. The van der Waals surface area contributed by atoms with Crippen LogP contribution in [0.5, 0.6) is 0 Å². The number of hydrogen-bond donors (Lipinski definition) is 1. The van der Waals surface area contributed by atoms with Crippen molar-refractivity contribution >= 4 is 5.91 Å². The number of nitrogens with one attached hydrogen (secondary N) is 1. The van der Waals surface area contributed by atoms with E-state index in [2.05, 4.69) is 45.4 Å². The van der Waals surface area contributed by atoms with Crippen LogP contribution in [0.1, 0.15) is 43.4 Å². The highest BCUT2D eigenvalue weighted by Crippen LogP contribution is 2.24. The molecule has 3 heterocycles. The molecular formula is C26H37N3O2. The Morgan fingerprint density at radius 2 is 1.71 bits per heavy atom. The first-order chi connectivity index (χ1) is 15.3. The summed E-state index contributed by atoms with van der Waals surface area (Å²) in [4.78, 5) is 17.8. The van der Waals surface area contributed by atoms with E-state index in [1.807, 2.05) is 12.1 Å². The largest absolute Gasteiger partial charge is 0.469 e. The summed E-state index contributed by atoms with van der Waals surface area (Å²) in [5, 5.41) is 3.10. The van der Waals surface area contributed by atoms with Gasteiger partial charge in [0.25, 0.3) is 0 Å². The van der Waals surface area contributed by atoms with E-state index in [4.69, 9.17) is 4.42 Å². The number of benzene rings is 1. The van der Waals surface area contributed by atoms with Crippen LogP contribution in [-0.4, -0.2) is 61.0 Å². The molecule has 4 rings (SSSR count). The highest BCUT2D eigenvalue weighted by Gasteiger charge is 2.30. The first-order valence-corrected chi connectivity index (χ1v) is 12.1. The third kappa shape index (κ3) is 6.68. The van der Waals surface area contributed by atoms with Crippen LogP contribution >= 0.6 is 0 Å². The fourth-order valence-corrected chi connectivity index (χ4v) is 5.09. The molecule has 2 aromatic rings. The minimum atomic E-state index is 0.172. The van der Waals surface area contributed by atoms with Crippen molar-refractivity contribution in [2.24, 2.45) is 5.92 Å². The Bertz CT molecular complexity index is 761. The van der Waals surface area contributed by atoms with Crippen molar-refractivity contribution in [1.82, 2.24) is 15.1 Å². The van der Waals surface area contributed by atoms with Crippen molar-refractivity contribution in [3.63, 3.8) is 0 Å². The van der Waals surface area contributed by atoms with Crippen LogP contribution < -0.4 is 5.32 Å². The van der Waals surface area contributed by atoms with Gasteiger partial charge in [0.15, 0.2) is 0 Å². The van der Waals surface area contributed by atoms with E-state index in [1.54, 1.807) is 6.26 Å². The standard InChI is InChI=1S/C26H37N3O2/c30-26(27-15-10-25-9-5-21-31-25)23-11-19-29(20-12-23)24-13-17-28(18-14-24)16-4-8-22-6-2-1-3-7-22/h1-3,5-7,9,21,23-24H,4,8,10-20H2,(H,27,30). The van der Waals surface area contributed by atoms with E-state index in [0.717, 1.165) is 38.1 Å². The number of piperidine rings is 2. The number of carbonyl (C=O) groups is 1. The molecule has 2 fully saturated rings. The van der Waals surface area contributed by atoms with Gasteiger partial charge in [-0.2, -0.15) is 0 Å². The molecule has 2 aliphatic heterocycles. The van der Waals surface area contributed by atoms with Crippen LogP contribution in [0.25, 0.3) is 0 Å². The second kappa shape index (κ2) is 11.5. The number of furan rings is 1. The van der Waals surface area contributed by atoms with Crippen LogP contribution in [0, 0.1) is 5.92 Å². The minimum Gasteiger partial charge on any atom is -0.469 e. The fraction of sp³-hybridized carbons (Fsp3) is 0.577. The topological polar surface area (TPSA) is 48.7 Å². The SMILES string of the molecule is O=C(NCCc1ccco1)C1CCN(C2CCN(CCCc3ccccc3)CC2)CC1. The highest BCUT2D eigenvalue weighted by molar-refractivity contribution is 5.78. The summed E-state index contributed by atoms with van der Waals surface area (Å²) in [5.41, 5.74) is 1.45. The third-order valence-corrected chi connectivity index (χ3v) is 7.01. The summed E-state index contributed by atoms with van der Waals surface area (Å²) in [5.74, 6) is 1.33. The van der Waals surface area contributed by atoms with Crippen molar-refractivity contribution in [2.45, 2.75) is 51.0 Å². The summed E-state index contributed by atoms with van der Waals surface area (Å²) >= 11 is 0. The van der Waals surface area contributed by atoms with Gasteiger partial charge in [-0.3, -0.25) is 4.79 Å². The molecule has 1 aromatic heterocycles. The first kappa shape index (κ1) is 22.1. The average molecular weight is 424 g/mol. The molecule has 0 aliphatic carbocycles. The minimum absolute atomic E-state index is 0.172. The van der Waals surface area contributed by atoms with Gasteiger partial charge in [0.2, 0.25) is 5.91 Å². The summed E-state index contributed by atoms with van der Waals surface area (Å²) in [7, 11) is 0. The molecule has 2 saturated heterocycles. The van der Waals surface area contributed by atoms with Gasteiger partial charge < -0.3 is 19.5 Å². The molecule has 0 saturated carbocycles. The van der Waals surface area contributed by atoms with Gasteiger partial charge >= 0.3 is 0 Å². The van der Waals surface area contributed by atoms with Gasteiger partial charge in [-0.1, -0.05) is 30.3 Å². The van der Waals surface area contributed by atoms with Crippen LogP contribution in [0.2, 0.25) is 0 Å². The Balaban J connectivity index is 1.09. The van der Waals surface area contributed by atoms with E-state index >= 15 is 0 Å². The number of aryl methyl sites for hydroxylation is 1. The molecular weight excluding hydrogens is 386 g/mol. The lowest BCUT2D eigenvalue weighted by Gasteiger charge is -2.41. The van der Waals surface area contributed by atoms with Gasteiger partial charge in [0.05, 0.1) is 6.26 Å². The molecule has 0 atom stereocenters. The monoisotopic (exact) mass is 423 g/mol. The van der Waals surface area contributed by atoms with Crippen molar-refractivity contribution in [2.75, 3.05) is 39.3 Å². The summed E-state index contributed by atoms with van der Waals surface area (Å²) in [6, 6.07) is 15.4. The zero-order valence-corrected chi connectivity index (χ0v) is 18.7. The van der Waals surface area contributed by atoms with Gasteiger partial charge in [-0.15, -0.1) is 0 Å². The van der Waals surface area contributed by atoms with Crippen molar-refractivity contribution in [1.29, 1.82) is 0 Å². The number of hydrogen-bond acceptors (Lipinski definition) is 4. The Labute approximate surface area is 186 Å². The van der Waals surface area contributed by atoms with Gasteiger partial charge in [-0.25, -0.2) is 0 Å². The zero-order valence-electron chi connectivity index (χ0n) is 18.7. The number of amides is 1. The van der Waals surface area contributed by atoms with Gasteiger partial charge in [-0.05, 0) is 88.9 Å². The molecule has 0 spiro atoms. The number of rotatable bonds is 9. The van der Waals surface area contributed by atoms with Crippen molar-refractivity contribution in [3.8, 4) is 0 Å². The van der Waals surface area contributed by atoms with Crippen LogP contribution in [-0.2, 0) is 17.6 Å². The van der Waals surface area contributed by atoms with Gasteiger partial charge in [0.1, 0.15) is 5.76 Å². The molecule has 5 nitrogen and oxygen atoms in total. The Kier molecular flexibility index (Phi) is 8.19. The molecule has 5 heteroatoms. The predicted octanol–water partition coefficient (Wildman–Crippen LogP) is 3.75. The summed E-state index contributed by atoms with van der Waals surface area (Å²) in [6.45, 7) is 6.43. The lowest BCUT2D eigenvalue weighted by atomic mass is 9.92. The summed E-state index contributed by atoms with van der Waals surface area (Å²) in [6.07, 6.45) is 9.39. The molecule has 168 valence electrons. The summed E-state index contributed by atoms with van der Waals surface area (Å²) < 4.78 is 5.33. The normalized spacial score (nSPS) is 19.5. The Hall–Kier alpha value is -2.11. The zero-order chi connectivity index (χ0) is 21.3. The molecule has 0 radical (unpaired) electrons. The number of likely N-dealkylation sites (tertiary alicyclic amines) is 2. The molecule has 1 N–H and O–H groups in total. The van der Waals surface area contributed by atoms with E-state index in [1.165, 1.54) is 50.9 Å². The maximum Gasteiger partial charge on any atom is 0.223 e. The van der Waals surface area contributed by atoms with Crippen molar-refractivity contribution < 1.29 is 9.21 Å². The van der Waals surface area contributed by atoms with E-state index < -0.39 is 0 Å². The molecule has 1 amide bonds. The smallest absolute Gasteiger partial charge is 0.223 e. The highest BCUT2D eigenvalue weighted by atomic mass is 16.3. The van der Waals surface area contributed by atoms with Crippen LogP contribution in [0.4, 0.5) is 0 Å². The first-order valence-electron chi connectivity index (χ1n) is 12.1. The molecule has 0 unspecified atom stereocenters.